The average Bonchev–Trinajstić information content (AvgIpc) is 2.93. The molecule has 25 heavy (non-hydrogen) atoms. The second kappa shape index (κ2) is 7.11. The van der Waals surface area contributed by atoms with Crippen molar-refractivity contribution in [1.82, 2.24) is 14.9 Å². The smallest absolute Gasteiger partial charge is 0.251 e. The van der Waals surface area contributed by atoms with Gasteiger partial charge >= 0.3 is 0 Å². The van der Waals surface area contributed by atoms with Gasteiger partial charge in [0.2, 0.25) is 0 Å². The lowest BCUT2D eigenvalue weighted by molar-refractivity contribution is 0.0938. The van der Waals surface area contributed by atoms with Crippen molar-refractivity contribution < 1.29 is 4.79 Å². The van der Waals surface area contributed by atoms with E-state index in [1.54, 1.807) is 24.3 Å². The number of allylic oxidation sites excluding steroid dienone is 1. The molecular formula is C20H20ClN3O. The molecule has 1 aromatic heterocycles. The molecule has 1 heterocycles. The van der Waals surface area contributed by atoms with Gasteiger partial charge in [-0.3, -0.25) is 4.79 Å². The van der Waals surface area contributed by atoms with Gasteiger partial charge in [0.25, 0.3) is 5.91 Å². The second-order valence-electron chi connectivity index (χ2n) is 6.20. The third kappa shape index (κ3) is 3.74. The summed E-state index contributed by atoms with van der Waals surface area (Å²) in [5.74, 6) is 0.657. The molecule has 0 saturated carbocycles. The molecule has 0 aliphatic rings. The molecule has 1 atom stereocenters. The first kappa shape index (κ1) is 17.2. The highest BCUT2D eigenvalue weighted by Gasteiger charge is 2.19. The van der Waals surface area contributed by atoms with Crippen molar-refractivity contribution in [2.24, 2.45) is 0 Å². The quantitative estimate of drug-likeness (QED) is 0.672. The van der Waals surface area contributed by atoms with Gasteiger partial charge in [0.05, 0.1) is 17.1 Å². The van der Waals surface area contributed by atoms with E-state index in [2.05, 4.69) is 16.5 Å². The number of halogens is 1. The molecule has 3 aromatic rings. The van der Waals surface area contributed by atoms with Gasteiger partial charge in [0, 0.05) is 17.1 Å². The van der Waals surface area contributed by atoms with Crippen molar-refractivity contribution in [2.45, 2.75) is 26.4 Å². The highest BCUT2D eigenvalue weighted by atomic mass is 35.5. The van der Waals surface area contributed by atoms with Crippen molar-refractivity contribution >= 4 is 28.5 Å². The summed E-state index contributed by atoms with van der Waals surface area (Å²) in [4.78, 5) is 17.2. The summed E-state index contributed by atoms with van der Waals surface area (Å²) in [6.07, 6.45) is 0. The van der Waals surface area contributed by atoms with E-state index in [1.165, 1.54) is 0 Å². The first-order valence-electron chi connectivity index (χ1n) is 8.11. The first-order chi connectivity index (χ1) is 12.0. The maximum Gasteiger partial charge on any atom is 0.251 e. The minimum absolute atomic E-state index is 0.155. The zero-order valence-electron chi connectivity index (χ0n) is 14.3. The number of aromatic nitrogens is 2. The number of benzene rings is 2. The molecule has 0 aliphatic heterocycles. The van der Waals surface area contributed by atoms with Crippen LogP contribution in [0.25, 0.3) is 11.0 Å². The van der Waals surface area contributed by atoms with Crippen LogP contribution in [0.4, 0.5) is 0 Å². The molecule has 0 bridgehead atoms. The third-order valence-electron chi connectivity index (χ3n) is 3.95. The molecule has 2 aromatic carbocycles. The SMILES string of the molecule is C=C(C)Cn1c(C(C)NC(=O)c2ccc(Cl)cc2)nc2ccccc21. The molecule has 0 aliphatic carbocycles. The van der Waals surface area contributed by atoms with Crippen LogP contribution in [-0.4, -0.2) is 15.5 Å². The molecule has 1 unspecified atom stereocenters. The topological polar surface area (TPSA) is 46.9 Å². The number of nitrogens with zero attached hydrogens (tertiary/aromatic N) is 2. The van der Waals surface area contributed by atoms with Crippen LogP contribution < -0.4 is 5.32 Å². The average molecular weight is 354 g/mol. The van der Waals surface area contributed by atoms with Crippen molar-refractivity contribution in [1.29, 1.82) is 0 Å². The molecule has 128 valence electrons. The number of hydrogen-bond acceptors (Lipinski definition) is 2. The molecule has 1 amide bonds. The van der Waals surface area contributed by atoms with E-state index in [4.69, 9.17) is 16.6 Å². The maximum atomic E-state index is 12.5. The van der Waals surface area contributed by atoms with Crippen LogP contribution in [0, 0.1) is 0 Å². The highest BCUT2D eigenvalue weighted by molar-refractivity contribution is 6.30. The maximum absolute atomic E-state index is 12.5. The van der Waals surface area contributed by atoms with E-state index in [0.29, 0.717) is 17.1 Å². The Morgan fingerprint density at radius 2 is 1.92 bits per heavy atom. The van der Waals surface area contributed by atoms with Crippen LogP contribution in [0.2, 0.25) is 5.02 Å². The standard InChI is InChI=1S/C20H20ClN3O/c1-13(2)12-24-18-7-5-4-6-17(18)23-19(24)14(3)22-20(25)15-8-10-16(21)11-9-15/h4-11,14H,1,12H2,2-3H3,(H,22,25). The number of hydrogen-bond donors (Lipinski definition) is 1. The number of para-hydroxylation sites is 2. The normalized spacial score (nSPS) is 12.1. The second-order valence-corrected chi connectivity index (χ2v) is 6.64. The fraction of sp³-hybridized carbons (Fsp3) is 0.200. The number of carbonyl (C=O) groups excluding carboxylic acids is 1. The van der Waals surface area contributed by atoms with Gasteiger partial charge in [0.15, 0.2) is 0 Å². The van der Waals surface area contributed by atoms with Crippen molar-refractivity contribution in [3.63, 3.8) is 0 Å². The van der Waals surface area contributed by atoms with E-state index in [-0.39, 0.29) is 11.9 Å². The lowest BCUT2D eigenvalue weighted by Crippen LogP contribution is -2.28. The lowest BCUT2D eigenvalue weighted by atomic mass is 10.2. The number of fused-ring (bicyclic) bond motifs is 1. The van der Waals surface area contributed by atoms with Crippen LogP contribution in [0.3, 0.4) is 0 Å². The molecular weight excluding hydrogens is 334 g/mol. The van der Waals surface area contributed by atoms with Crippen LogP contribution in [0.15, 0.2) is 60.7 Å². The first-order valence-corrected chi connectivity index (χ1v) is 8.49. The molecule has 0 radical (unpaired) electrons. The summed E-state index contributed by atoms with van der Waals surface area (Å²) in [5.41, 5.74) is 3.54. The molecule has 0 saturated heterocycles. The number of rotatable bonds is 5. The van der Waals surface area contributed by atoms with Gasteiger partial charge in [-0.25, -0.2) is 4.98 Å². The Labute approximate surface area is 152 Å². The minimum Gasteiger partial charge on any atom is -0.342 e. The van der Waals surface area contributed by atoms with Gasteiger partial charge in [0.1, 0.15) is 5.82 Å². The number of amides is 1. The lowest BCUT2D eigenvalue weighted by Gasteiger charge is -2.16. The van der Waals surface area contributed by atoms with Gasteiger partial charge in [-0.1, -0.05) is 35.9 Å². The minimum atomic E-state index is -0.241. The Kier molecular flexibility index (Phi) is 4.91. The molecule has 0 fully saturated rings. The molecule has 5 heteroatoms. The summed E-state index contributed by atoms with van der Waals surface area (Å²) >= 11 is 5.88. The predicted molar refractivity (Wildman–Crippen MR) is 102 cm³/mol. The van der Waals surface area contributed by atoms with Crippen LogP contribution in [0.1, 0.15) is 36.1 Å². The summed E-state index contributed by atoms with van der Waals surface area (Å²) in [6.45, 7) is 8.59. The zero-order chi connectivity index (χ0) is 18.0. The van der Waals surface area contributed by atoms with Gasteiger partial charge in [-0.2, -0.15) is 0 Å². The molecule has 1 N–H and O–H groups in total. The third-order valence-corrected chi connectivity index (χ3v) is 4.21. The van der Waals surface area contributed by atoms with E-state index in [9.17, 15) is 4.79 Å². The molecule has 3 rings (SSSR count). The Balaban J connectivity index is 1.90. The predicted octanol–water partition coefficient (Wildman–Crippen LogP) is 4.76. The van der Waals surface area contributed by atoms with Crippen LogP contribution >= 0.6 is 11.6 Å². The van der Waals surface area contributed by atoms with Crippen molar-refractivity contribution in [3.8, 4) is 0 Å². The Hall–Kier alpha value is -2.59. The van der Waals surface area contributed by atoms with Gasteiger partial charge < -0.3 is 9.88 Å². The monoisotopic (exact) mass is 353 g/mol. The van der Waals surface area contributed by atoms with E-state index >= 15 is 0 Å². The number of nitrogens with one attached hydrogen (secondary N) is 1. The highest BCUT2D eigenvalue weighted by Crippen LogP contribution is 2.22. The Morgan fingerprint density at radius 3 is 2.60 bits per heavy atom. The Morgan fingerprint density at radius 1 is 1.24 bits per heavy atom. The summed E-state index contributed by atoms with van der Waals surface area (Å²) < 4.78 is 2.10. The summed E-state index contributed by atoms with van der Waals surface area (Å²) in [5, 5.41) is 3.62. The van der Waals surface area contributed by atoms with E-state index in [1.807, 2.05) is 38.1 Å². The van der Waals surface area contributed by atoms with Gasteiger partial charge in [-0.15, -0.1) is 0 Å². The van der Waals surface area contributed by atoms with E-state index in [0.717, 1.165) is 22.4 Å². The fourth-order valence-electron chi connectivity index (χ4n) is 2.81. The van der Waals surface area contributed by atoms with Gasteiger partial charge in [-0.05, 0) is 50.2 Å². The summed E-state index contributed by atoms with van der Waals surface area (Å²) in [6, 6.07) is 14.5. The van der Waals surface area contributed by atoms with Crippen molar-refractivity contribution in [2.75, 3.05) is 0 Å². The fourth-order valence-corrected chi connectivity index (χ4v) is 2.93. The van der Waals surface area contributed by atoms with Crippen molar-refractivity contribution in [3.05, 3.63) is 77.1 Å². The molecule has 0 spiro atoms. The van der Waals surface area contributed by atoms with E-state index < -0.39 is 0 Å². The largest absolute Gasteiger partial charge is 0.342 e. The molecule has 4 nitrogen and oxygen atoms in total. The number of imidazole rings is 1. The van der Waals surface area contributed by atoms with Crippen LogP contribution in [0.5, 0.6) is 0 Å². The Bertz CT molecular complexity index is 928. The zero-order valence-corrected chi connectivity index (χ0v) is 15.0. The van der Waals surface area contributed by atoms with Crippen LogP contribution in [-0.2, 0) is 6.54 Å². The number of carbonyl (C=O) groups is 1. The summed E-state index contributed by atoms with van der Waals surface area (Å²) in [7, 11) is 0.